The summed E-state index contributed by atoms with van der Waals surface area (Å²) >= 11 is 3.57. The first-order valence-corrected chi connectivity index (χ1v) is 7.14. The molecule has 2 rings (SSSR count). The molecule has 0 saturated heterocycles. The molecule has 3 heteroatoms. The molecule has 0 bridgehead atoms. The smallest absolute Gasteiger partial charge is 0.0426 e. The standard InChI is InChI=1S/C16H19BrN2/c1-12-4-3-5-13(8-12)11-19(2)15-7-6-14(10-18)16(17)9-15/h3-9H,10-11,18H2,1-2H3. The van der Waals surface area contributed by atoms with Gasteiger partial charge in [-0.3, -0.25) is 0 Å². The average Bonchev–Trinajstić information content (AvgIpc) is 2.38. The van der Waals surface area contributed by atoms with Crippen molar-refractivity contribution in [1.82, 2.24) is 0 Å². The molecule has 2 aromatic rings. The van der Waals surface area contributed by atoms with E-state index in [9.17, 15) is 0 Å². The Morgan fingerprint density at radius 2 is 1.95 bits per heavy atom. The van der Waals surface area contributed by atoms with Crippen LogP contribution in [0.25, 0.3) is 0 Å². The van der Waals surface area contributed by atoms with Gasteiger partial charge in [0.15, 0.2) is 0 Å². The van der Waals surface area contributed by atoms with Gasteiger partial charge in [-0.1, -0.05) is 51.8 Å². The Bertz CT molecular complexity index is 566. The average molecular weight is 319 g/mol. The Balaban J connectivity index is 2.15. The summed E-state index contributed by atoms with van der Waals surface area (Å²) in [6.07, 6.45) is 0. The fraction of sp³-hybridized carbons (Fsp3) is 0.250. The van der Waals surface area contributed by atoms with Crippen LogP contribution in [0.2, 0.25) is 0 Å². The lowest BCUT2D eigenvalue weighted by Gasteiger charge is -2.20. The summed E-state index contributed by atoms with van der Waals surface area (Å²) < 4.78 is 1.07. The van der Waals surface area contributed by atoms with E-state index in [0.717, 1.165) is 16.6 Å². The molecule has 2 N–H and O–H groups in total. The van der Waals surface area contributed by atoms with Gasteiger partial charge in [0.2, 0.25) is 0 Å². The highest BCUT2D eigenvalue weighted by Gasteiger charge is 2.05. The molecule has 0 radical (unpaired) electrons. The van der Waals surface area contributed by atoms with Gasteiger partial charge in [0, 0.05) is 30.3 Å². The molecule has 0 spiro atoms. The maximum Gasteiger partial charge on any atom is 0.0426 e. The molecule has 0 aliphatic carbocycles. The number of halogens is 1. The van der Waals surface area contributed by atoms with E-state index in [-0.39, 0.29) is 0 Å². The largest absolute Gasteiger partial charge is 0.370 e. The van der Waals surface area contributed by atoms with E-state index in [1.807, 2.05) is 0 Å². The predicted octanol–water partition coefficient (Wildman–Crippen LogP) is 3.85. The van der Waals surface area contributed by atoms with Gasteiger partial charge in [-0.25, -0.2) is 0 Å². The third-order valence-corrected chi connectivity index (χ3v) is 3.94. The highest BCUT2D eigenvalue weighted by Crippen LogP contribution is 2.24. The van der Waals surface area contributed by atoms with Gasteiger partial charge < -0.3 is 10.6 Å². The highest BCUT2D eigenvalue weighted by molar-refractivity contribution is 9.10. The van der Waals surface area contributed by atoms with Gasteiger partial charge in [-0.15, -0.1) is 0 Å². The van der Waals surface area contributed by atoms with E-state index >= 15 is 0 Å². The van der Waals surface area contributed by atoms with E-state index < -0.39 is 0 Å². The van der Waals surface area contributed by atoms with Crippen molar-refractivity contribution in [2.75, 3.05) is 11.9 Å². The Morgan fingerprint density at radius 1 is 1.16 bits per heavy atom. The summed E-state index contributed by atoms with van der Waals surface area (Å²) in [4.78, 5) is 2.24. The monoisotopic (exact) mass is 318 g/mol. The molecule has 100 valence electrons. The van der Waals surface area contributed by atoms with Gasteiger partial charge in [-0.2, -0.15) is 0 Å². The number of aryl methyl sites for hydroxylation is 1. The molecular weight excluding hydrogens is 300 g/mol. The minimum atomic E-state index is 0.558. The third-order valence-electron chi connectivity index (χ3n) is 3.20. The lowest BCUT2D eigenvalue weighted by molar-refractivity contribution is 0.918. The van der Waals surface area contributed by atoms with E-state index in [0.29, 0.717) is 6.54 Å². The molecule has 19 heavy (non-hydrogen) atoms. The SMILES string of the molecule is Cc1cccc(CN(C)c2ccc(CN)c(Br)c2)c1. The van der Waals surface area contributed by atoms with E-state index in [1.54, 1.807) is 0 Å². The molecule has 0 aromatic heterocycles. The first kappa shape index (κ1) is 14.1. The minimum absolute atomic E-state index is 0.558. The van der Waals surface area contributed by atoms with Crippen molar-refractivity contribution in [3.05, 3.63) is 63.6 Å². The number of hydrogen-bond acceptors (Lipinski definition) is 2. The highest BCUT2D eigenvalue weighted by atomic mass is 79.9. The fourth-order valence-corrected chi connectivity index (χ4v) is 2.64. The number of rotatable bonds is 4. The summed E-state index contributed by atoms with van der Waals surface area (Å²) in [7, 11) is 2.10. The van der Waals surface area contributed by atoms with Crippen molar-refractivity contribution in [3.63, 3.8) is 0 Å². The van der Waals surface area contributed by atoms with Gasteiger partial charge in [0.25, 0.3) is 0 Å². The second kappa shape index (κ2) is 6.22. The summed E-state index contributed by atoms with van der Waals surface area (Å²) in [5, 5.41) is 0. The molecule has 2 nitrogen and oxygen atoms in total. The number of anilines is 1. The number of benzene rings is 2. The molecule has 0 aliphatic rings. The van der Waals surface area contributed by atoms with E-state index in [1.165, 1.54) is 16.8 Å². The van der Waals surface area contributed by atoms with Crippen LogP contribution in [0, 0.1) is 6.92 Å². The van der Waals surface area contributed by atoms with Crippen LogP contribution in [0.4, 0.5) is 5.69 Å². The van der Waals surface area contributed by atoms with Crippen LogP contribution in [0.5, 0.6) is 0 Å². The fourth-order valence-electron chi connectivity index (χ4n) is 2.11. The molecule has 0 heterocycles. The van der Waals surface area contributed by atoms with Crippen LogP contribution in [-0.2, 0) is 13.1 Å². The van der Waals surface area contributed by atoms with Crippen LogP contribution in [0.3, 0.4) is 0 Å². The van der Waals surface area contributed by atoms with Gasteiger partial charge >= 0.3 is 0 Å². The molecular formula is C16H19BrN2. The van der Waals surface area contributed by atoms with Crippen LogP contribution < -0.4 is 10.6 Å². The van der Waals surface area contributed by atoms with Crippen molar-refractivity contribution in [2.24, 2.45) is 5.73 Å². The predicted molar refractivity (Wildman–Crippen MR) is 85.3 cm³/mol. The second-order valence-electron chi connectivity index (χ2n) is 4.82. The Kier molecular flexibility index (Phi) is 4.61. The molecule has 0 saturated carbocycles. The van der Waals surface area contributed by atoms with Gasteiger partial charge in [0.1, 0.15) is 0 Å². The van der Waals surface area contributed by atoms with Crippen LogP contribution in [0.1, 0.15) is 16.7 Å². The van der Waals surface area contributed by atoms with Crippen LogP contribution in [-0.4, -0.2) is 7.05 Å². The van der Waals surface area contributed by atoms with Gasteiger partial charge in [0.05, 0.1) is 0 Å². The maximum atomic E-state index is 5.67. The second-order valence-corrected chi connectivity index (χ2v) is 5.68. The van der Waals surface area contributed by atoms with Crippen LogP contribution >= 0.6 is 15.9 Å². The molecule has 0 aliphatic heterocycles. The summed E-state index contributed by atoms with van der Waals surface area (Å²) in [6.45, 7) is 3.58. The maximum absolute atomic E-state index is 5.67. The number of nitrogens with two attached hydrogens (primary N) is 1. The van der Waals surface area contributed by atoms with Crippen molar-refractivity contribution < 1.29 is 0 Å². The molecule has 0 amide bonds. The van der Waals surface area contributed by atoms with Crippen molar-refractivity contribution in [2.45, 2.75) is 20.0 Å². The Labute approximate surface area is 123 Å². The zero-order chi connectivity index (χ0) is 13.8. The number of nitrogens with zero attached hydrogens (tertiary/aromatic N) is 1. The quantitative estimate of drug-likeness (QED) is 0.927. The van der Waals surface area contributed by atoms with E-state index in [4.69, 9.17) is 5.73 Å². The molecule has 2 aromatic carbocycles. The van der Waals surface area contributed by atoms with Gasteiger partial charge in [-0.05, 0) is 30.2 Å². The van der Waals surface area contributed by atoms with Crippen molar-refractivity contribution in [1.29, 1.82) is 0 Å². The Morgan fingerprint density at radius 3 is 2.58 bits per heavy atom. The third kappa shape index (κ3) is 3.58. The first-order chi connectivity index (χ1) is 9.10. The summed E-state index contributed by atoms with van der Waals surface area (Å²) in [5.74, 6) is 0. The summed E-state index contributed by atoms with van der Waals surface area (Å²) in [6, 6.07) is 14.9. The van der Waals surface area contributed by atoms with Crippen LogP contribution in [0.15, 0.2) is 46.9 Å². The molecule has 0 fully saturated rings. The number of hydrogen-bond donors (Lipinski definition) is 1. The minimum Gasteiger partial charge on any atom is -0.370 e. The zero-order valence-electron chi connectivity index (χ0n) is 11.4. The zero-order valence-corrected chi connectivity index (χ0v) is 12.9. The lowest BCUT2D eigenvalue weighted by atomic mass is 10.1. The summed E-state index contributed by atoms with van der Waals surface area (Å²) in [5.41, 5.74) is 10.6. The van der Waals surface area contributed by atoms with Crippen molar-refractivity contribution in [3.8, 4) is 0 Å². The molecule has 0 unspecified atom stereocenters. The van der Waals surface area contributed by atoms with Crippen molar-refractivity contribution >= 4 is 21.6 Å². The Hall–Kier alpha value is -1.32. The molecule has 0 atom stereocenters. The first-order valence-electron chi connectivity index (χ1n) is 6.35. The lowest BCUT2D eigenvalue weighted by Crippen LogP contribution is -2.16. The topological polar surface area (TPSA) is 29.3 Å². The normalized spacial score (nSPS) is 10.5. The van der Waals surface area contributed by atoms with E-state index in [2.05, 4.69) is 77.3 Å².